The van der Waals surface area contributed by atoms with E-state index in [-0.39, 0.29) is 0 Å². The third kappa shape index (κ3) is 2.46. The second-order valence-electron chi connectivity index (χ2n) is 4.95. The molecule has 3 aromatic rings. The predicted octanol–water partition coefficient (Wildman–Crippen LogP) is 3.55. The average molecular weight is 283 g/mol. The van der Waals surface area contributed by atoms with E-state index in [1.807, 2.05) is 31.2 Å². The summed E-state index contributed by atoms with van der Waals surface area (Å²) in [5, 5.41) is 5.07. The largest absolute Gasteiger partial charge is 0.480 e. The molecule has 5 nitrogen and oxygen atoms in total. The molecule has 21 heavy (non-hydrogen) atoms. The van der Waals surface area contributed by atoms with Gasteiger partial charge in [0.1, 0.15) is 0 Å². The van der Waals surface area contributed by atoms with E-state index >= 15 is 0 Å². The van der Waals surface area contributed by atoms with Gasteiger partial charge in [0.15, 0.2) is 0 Å². The van der Waals surface area contributed by atoms with Crippen LogP contribution in [0.3, 0.4) is 0 Å². The molecule has 0 spiro atoms. The Labute approximate surface area is 123 Å². The van der Waals surface area contributed by atoms with Crippen molar-refractivity contribution >= 4 is 10.9 Å². The molecule has 0 saturated heterocycles. The first-order valence-corrected chi connectivity index (χ1v) is 7.00. The van der Waals surface area contributed by atoms with Crippen molar-refractivity contribution in [1.82, 2.24) is 15.1 Å². The van der Waals surface area contributed by atoms with Crippen LogP contribution in [0.15, 0.2) is 28.8 Å². The minimum Gasteiger partial charge on any atom is -0.480 e. The Morgan fingerprint density at radius 2 is 2.10 bits per heavy atom. The van der Waals surface area contributed by atoms with E-state index in [4.69, 9.17) is 9.26 Å². The maximum absolute atomic E-state index is 5.40. The Kier molecular flexibility index (Phi) is 3.56. The number of hydrogen-bond donors (Lipinski definition) is 0. The molecule has 2 aromatic heterocycles. The molecule has 0 N–H and O–H groups in total. The van der Waals surface area contributed by atoms with Gasteiger partial charge in [0.2, 0.25) is 17.6 Å². The van der Waals surface area contributed by atoms with Crippen LogP contribution in [-0.2, 0) is 6.42 Å². The first kappa shape index (κ1) is 13.5. The molecule has 0 amide bonds. The molecule has 1 aromatic carbocycles. The highest BCUT2D eigenvalue weighted by Crippen LogP contribution is 2.30. The lowest BCUT2D eigenvalue weighted by Crippen LogP contribution is -1.95. The van der Waals surface area contributed by atoms with Crippen LogP contribution in [0.4, 0.5) is 0 Å². The molecule has 3 rings (SSSR count). The Morgan fingerprint density at radius 3 is 2.86 bits per heavy atom. The Balaban J connectivity index is 2.16. The van der Waals surface area contributed by atoms with Crippen LogP contribution in [0, 0.1) is 6.92 Å². The van der Waals surface area contributed by atoms with Crippen molar-refractivity contribution in [2.24, 2.45) is 0 Å². The van der Waals surface area contributed by atoms with Gasteiger partial charge in [-0.1, -0.05) is 30.3 Å². The van der Waals surface area contributed by atoms with Crippen LogP contribution >= 0.6 is 0 Å². The van der Waals surface area contributed by atoms with Crippen LogP contribution in [-0.4, -0.2) is 22.2 Å². The monoisotopic (exact) mass is 283 g/mol. The zero-order valence-electron chi connectivity index (χ0n) is 12.4. The van der Waals surface area contributed by atoms with Crippen LogP contribution in [0.1, 0.15) is 24.8 Å². The van der Waals surface area contributed by atoms with Crippen LogP contribution in [0.5, 0.6) is 5.88 Å². The zero-order valence-corrected chi connectivity index (χ0v) is 12.4. The smallest absolute Gasteiger partial charge is 0.226 e. The molecular weight excluding hydrogens is 266 g/mol. The van der Waals surface area contributed by atoms with Gasteiger partial charge in [0, 0.05) is 11.8 Å². The van der Waals surface area contributed by atoms with E-state index in [2.05, 4.69) is 22.0 Å². The summed E-state index contributed by atoms with van der Waals surface area (Å²) in [5.74, 6) is 1.67. The average Bonchev–Trinajstić information content (AvgIpc) is 2.95. The van der Waals surface area contributed by atoms with Gasteiger partial charge in [-0.25, -0.2) is 4.98 Å². The van der Waals surface area contributed by atoms with E-state index in [0.29, 0.717) is 17.6 Å². The molecule has 0 radical (unpaired) electrons. The number of benzene rings is 1. The SMILES string of the molecule is CCCc1nc(-c2cc3cccc(C)c3nc2OC)no1. The molecule has 2 heterocycles. The van der Waals surface area contributed by atoms with Gasteiger partial charge in [-0.2, -0.15) is 4.98 Å². The van der Waals surface area contributed by atoms with Crippen molar-refractivity contribution in [2.45, 2.75) is 26.7 Å². The summed E-state index contributed by atoms with van der Waals surface area (Å²) in [7, 11) is 1.60. The number of para-hydroxylation sites is 1. The van der Waals surface area contributed by atoms with Gasteiger partial charge >= 0.3 is 0 Å². The maximum Gasteiger partial charge on any atom is 0.226 e. The second-order valence-corrected chi connectivity index (χ2v) is 4.95. The minimum atomic E-state index is 0.514. The lowest BCUT2D eigenvalue weighted by atomic mass is 10.1. The van der Waals surface area contributed by atoms with Gasteiger partial charge < -0.3 is 9.26 Å². The quantitative estimate of drug-likeness (QED) is 0.732. The van der Waals surface area contributed by atoms with E-state index in [1.165, 1.54) is 0 Å². The number of ether oxygens (including phenoxy) is 1. The van der Waals surface area contributed by atoms with Crippen molar-refractivity contribution in [2.75, 3.05) is 7.11 Å². The normalized spacial score (nSPS) is 11.0. The van der Waals surface area contributed by atoms with Crippen molar-refractivity contribution in [1.29, 1.82) is 0 Å². The van der Waals surface area contributed by atoms with E-state index in [0.717, 1.165) is 34.9 Å². The Bertz CT molecular complexity index is 780. The third-order valence-corrected chi connectivity index (χ3v) is 3.38. The molecule has 0 atom stereocenters. The highest BCUT2D eigenvalue weighted by Gasteiger charge is 2.16. The van der Waals surface area contributed by atoms with Gasteiger partial charge in [-0.05, 0) is 25.0 Å². The standard InChI is InChI=1S/C16H17N3O2/c1-4-6-13-17-15(19-21-13)12-9-11-8-5-7-10(2)14(11)18-16(12)20-3/h5,7-9H,4,6H2,1-3H3. The second kappa shape index (κ2) is 5.52. The maximum atomic E-state index is 5.40. The van der Waals surface area contributed by atoms with Gasteiger partial charge in [-0.15, -0.1) is 0 Å². The van der Waals surface area contributed by atoms with E-state index < -0.39 is 0 Å². The van der Waals surface area contributed by atoms with E-state index in [9.17, 15) is 0 Å². The molecule has 0 saturated carbocycles. The van der Waals surface area contributed by atoms with Crippen LogP contribution < -0.4 is 4.74 Å². The number of aryl methyl sites for hydroxylation is 2. The molecule has 5 heteroatoms. The lowest BCUT2D eigenvalue weighted by Gasteiger charge is -2.08. The molecule has 0 fully saturated rings. The molecule has 0 aliphatic heterocycles. The van der Waals surface area contributed by atoms with Crippen molar-refractivity contribution < 1.29 is 9.26 Å². The number of rotatable bonds is 4. The summed E-state index contributed by atoms with van der Waals surface area (Å²) in [5.41, 5.74) is 2.79. The lowest BCUT2D eigenvalue weighted by molar-refractivity contribution is 0.376. The zero-order chi connectivity index (χ0) is 14.8. The fourth-order valence-electron chi connectivity index (χ4n) is 2.33. The number of pyridine rings is 1. The number of fused-ring (bicyclic) bond motifs is 1. The van der Waals surface area contributed by atoms with Crippen molar-refractivity contribution in [3.8, 4) is 17.3 Å². The molecule has 0 unspecified atom stereocenters. The number of aromatic nitrogens is 3. The highest BCUT2D eigenvalue weighted by molar-refractivity contribution is 5.87. The van der Waals surface area contributed by atoms with Gasteiger partial charge in [0.25, 0.3) is 0 Å². The van der Waals surface area contributed by atoms with Gasteiger partial charge in [0.05, 0.1) is 18.2 Å². The van der Waals surface area contributed by atoms with E-state index in [1.54, 1.807) is 7.11 Å². The Morgan fingerprint density at radius 1 is 1.24 bits per heavy atom. The topological polar surface area (TPSA) is 61.0 Å². The fourth-order valence-corrected chi connectivity index (χ4v) is 2.33. The fraction of sp³-hybridized carbons (Fsp3) is 0.312. The summed E-state index contributed by atoms with van der Waals surface area (Å²) >= 11 is 0. The third-order valence-electron chi connectivity index (χ3n) is 3.38. The molecule has 0 bridgehead atoms. The predicted molar refractivity (Wildman–Crippen MR) is 80.3 cm³/mol. The summed E-state index contributed by atoms with van der Waals surface area (Å²) < 4.78 is 10.6. The Hall–Kier alpha value is -2.43. The molecular formula is C16H17N3O2. The number of nitrogens with zero attached hydrogens (tertiary/aromatic N) is 3. The molecule has 108 valence electrons. The van der Waals surface area contributed by atoms with Crippen molar-refractivity contribution in [3.63, 3.8) is 0 Å². The van der Waals surface area contributed by atoms with Gasteiger partial charge in [-0.3, -0.25) is 0 Å². The summed E-state index contributed by atoms with van der Waals surface area (Å²) in [6, 6.07) is 8.05. The highest BCUT2D eigenvalue weighted by atomic mass is 16.5. The number of methoxy groups -OCH3 is 1. The van der Waals surface area contributed by atoms with Crippen LogP contribution in [0.2, 0.25) is 0 Å². The van der Waals surface area contributed by atoms with Crippen LogP contribution in [0.25, 0.3) is 22.3 Å². The first-order valence-electron chi connectivity index (χ1n) is 7.00. The first-order chi connectivity index (χ1) is 10.2. The minimum absolute atomic E-state index is 0.514. The summed E-state index contributed by atoms with van der Waals surface area (Å²) in [6.07, 6.45) is 1.74. The summed E-state index contributed by atoms with van der Waals surface area (Å²) in [4.78, 5) is 8.99. The van der Waals surface area contributed by atoms with Crippen molar-refractivity contribution in [3.05, 3.63) is 35.7 Å². The summed E-state index contributed by atoms with van der Waals surface area (Å²) in [6.45, 7) is 4.10. The molecule has 0 aliphatic carbocycles. The number of hydrogen-bond acceptors (Lipinski definition) is 5. The molecule has 0 aliphatic rings.